The lowest BCUT2D eigenvalue weighted by Gasteiger charge is -2.09. The molecule has 0 aliphatic carbocycles. The maximum atomic E-state index is 5.75. The van der Waals surface area contributed by atoms with Gasteiger partial charge in [-0.25, -0.2) is 9.97 Å². The second-order valence-corrected chi connectivity index (χ2v) is 5.50. The quantitative estimate of drug-likeness (QED) is 0.503. The SMILES string of the molecule is Cc1cc(C)nc(SCCOc2ccccc2CN)n1. The van der Waals surface area contributed by atoms with Crippen LogP contribution in [0.2, 0.25) is 0 Å². The van der Waals surface area contributed by atoms with Gasteiger partial charge in [-0.1, -0.05) is 30.0 Å². The molecule has 1 aromatic heterocycles. The normalized spacial score (nSPS) is 10.6. The Kier molecular flexibility index (Phi) is 5.38. The first-order chi connectivity index (χ1) is 9.69. The van der Waals surface area contributed by atoms with Gasteiger partial charge in [0.25, 0.3) is 0 Å². The van der Waals surface area contributed by atoms with Gasteiger partial charge < -0.3 is 10.5 Å². The highest BCUT2D eigenvalue weighted by Crippen LogP contribution is 2.18. The summed E-state index contributed by atoms with van der Waals surface area (Å²) in [6.45, 7) is 5.06. The molecule has 0 amide bonds. The molecule has 2 rings (SSSR count). The van der Waals surface area contributed by atoms with Crippen LogP contribution >= 0.6 is 11.8 Å². The molecule has 2 N–H and O–H groups in total. The van der Waals surface area contributed by atoms with Crippen LogP contribution < -0.4 is 10.5 Å². The van der Waals surface area contributed by atoms with Crippen molar-refractivity contribution in [2.75, 3.05) is 12.4 Å². The van der Waals surface area contributed by atoms with Crippen molar-refractivity contribution in [1.29, 1.82) is 0 Å². The van der Waals surface area contributed by atoms with Crippen molar-refractivity contribution in [1.82, 2.24) is 9.97 Å². The minimum atomic E-state index is 0.490. The Morgan fingerprint density at radius 2 is 1.85 bits per heavy atom. The lowest BCUT2D eigenvalue weighted by Crippen LogP contribution is -2.05. The van der Waals surface area contributed by atoms with Crippen LogP contribution in [0.4, 0.5) is 0 Å². The molecule has 0 atom stereocenters. The second kappa shape index (κ2) is 7.26. The summed E-state index contributed by atoms with van der Waals surface area (Å²) >= 11 is 1.60. The number of nitrogens with two attached hydrogens (primary N) is 1. The van der Waals surface area contributed by atoms with E-state index >= 15 is 0 Å². The number of nitrogens with zero attached hydrogens (tertiary/aromatic N) is 2. The van der Waals surface area contributed by atoms with Crippen molar-refractivity contribution in [3.05, 3.63) is 47.3 Å². The van der Waals surface area contributed by atoms with E-state index < -0.39 is 0 Å². The molecule has 0 radical (unpaired) electrons. The Morgan fingerprint density at radius 3 is 2.55 bits per heavy atom. The van der Waals surface area contributed by atoms with E-state index in [0.29, 0.717) is 13.2 Å². The van der Waals surface area contributed by atoms with E-state index in [-0.39, 0.29) is 0 Å². The van der Waals surface area contributed by atoms with Gasteiger partial charge in [0.1, 0.15) is 5.75 Å². The molecule has 0 aliphatic rings. The van der Waals surface area contributed by atoms with Crippen molar-refractivity contribution >= 4 is 11.8 Å². The van der Waals surface area contributed by atoms with Gasteiger partial charge in [0.2, 0.25) is 0 Å². The topological polar surface area (TPSA) is 61.0 Å². The van der Waals surface area contributed by atoms with Crippen molar-refractivity contribution in [2.24, 2.45) is 5.73 Å². The van der Waals surface area contributed by atoms with Crippen LogP contribution in [-0.4, -0.2) is 22.3 Å². The predicted octanol–water partition coefficient (Wildman–Crippen LogP) is 2.72. The van der Waals surface area contributed by atoms with E-state index in [1.165, 1.54) is 0 Å². The third kappa shape index (κ3) is 4.21. The molecule has 5 heteroatoms. The molecular formula is C15H19N3OS. The zero-order chi connectivity index (χ0) is 14.4. The summed E-state index contributed by atoms with van der Waals surface area (Å²) < 4.78 is 5.75. The van der Waals surface area contributed by atoms with Gasteiger partial charge in [-0.3, -0.25) is 0 Å². The van der Waals surface area contributed by atoms with Crippen LogP contribution in [0.3, 0.4) is 0 Å². The van der Waals surface area contributed by atoms with Crippen LogP contribution in [-0.2, 0) is 6.54 Å². The first-order valence-corrected chi connectivity index (χ1v) is 7.53. The van der Waals surface area contributed by atoms with Crippen LogP contribution in [0.25, 0.3) is 0 Å². The van der Waals surface area contributed by atoms with E-state index in [9.17, 15) is 0 Å². The third-order valence-electron chi connectivity index (χ3n) is 2.73. The molecule has 0 spiro atoms. The maximum Gasteiger partial charge on any atom is 0.188 e. The Bertz CT molecular complexity index is 555. The van der Waals surface area contributed by atoms with E-state index in [0.717, 1.165) is 33.6 Å². The maximum absolute atomic E-state index is 5.75. The predicted molar refractivity (Wildman–Crippen MR) is 82.1 cm³/mol. The van der Waals surface area contributed by atoms with Crippen molar-refractivity contribution in [3.63, 3.8) is 0 Å². The monoisotopic (exact) mass is 289 g/mol. The molecule has 0 aliphatic heterocycles. The van der Waals surface area contributed by atoms with E-state index in [1.807, 2.05) is 44.2 Å². The molecule has 0 saturated carbocycles. The number of aromatic nitrogens is 2. The summed E-state index contributed by atoms with van der Waals surface area (Å²) in [4.78, 5) is 8.78. The first-order valence-electron chi connectivity index (χ1n) is 6.55. The van der Waals surface area contributed by atoms with Gasteiger partial charge in [0.15, 0.2) is 5.16 Å². The highest BCUT2D eigenvalue weighted by atomic mass is 32.2. The summed E-state index contributed by atoms with van der Waals surface area (Å²) in [5.74, 6) is 1.67. The highest BCUT2D eigenvalue weighted by Gasteiger charge is 2.03. The molecule has 20 heavy (non-hydrogen) atoms. The van der Waals surface area contributed by atoms with Crippen molar-refractivity contribution in [3.8, 4) is 5.75 Å². The molecule has 0 fully saturated rings. The van der Waals surface area contributed by atoms with Gasteiger partial charge in [-0.15, -0.1) is 0 Å². The molecule has 4 nitrogen and oxygen atoms in total. The summed E-state index contributed by atoms with van der Waals surface area (Å²) in [6.07, 6.45) is 0. The molecule has 0 saturated heterocycles. The molecule has 0 unspecified atom stereocenters. The fourth-order valence-corrected chi connectivity index (χ4v) is 2.62. The number of hydrogen-bond donors (Lipinski definition) is 1. The second-order valence-electron chi connectivity index (χ2n) is 4.44. The highest BCUT2D eigenvalue weighted by molar-refractivity contribution is 7.99. The average molecular weight is 289 g/mol. The zero-order valence-electron chi connectivity index (χ0n) is 11.8. The minimum Gasteiger partial charge on any atom is -0.492 e. The lowest BCUT2D eigenvalue weighted by molar-refractivity contribution is 0.340. The summed E-state index contributed by atoms with van der Waals surface area (Å²) in [5, 5.41) is 0.804. The van der Waals surface area contributed by atoms with Crippen LogP contribution in [0.15, 0.2) is 35.5 Å². The Labute approximate surface area is 123 Å². The number of rotatable bonds is 6. The molecule has 1 heterocycles. The van der Waals surface area contributed by atoms with E-state index in [1.54, 1.807) is 11.8 Å². The van der Waals surface area contributed by atoms with Gasteiger partial charge in [-0.05, 0) is 26.0 Å². The third-order valence-corrected chi connectivity index (χ3v) is 3.54. The number of benzene rings is 1. The van der Waals surface area contributed by atoms with Gasteiger partial charge in [0.05, 0.1) is 6.61 Å². The molecule has 106 valence electrons. The fraction of sp³-hybridized carbons (Fsp3) is 0.333. The van der Waals surface area contributed by atoms with Gasteiger partial charge in [-0.2, -0.15) is 0 Å². The molecule has 2 aromatic rings. The minimum absolute atomic E-state index is 0.490. The Balaban J connectivity index is 1.84. The summed E-state index contributed by atoms with van der Waals surface area (Å²) in [6, 6.07) is 9.82. The number of para-hydroxylation sites is 1. The van der Waals surface area contributed by atoms with Crippen LogP contribution in [0.5, 0.6) is 5.75 Å². The Hall–Kier alpha value is -1.59. The zero-order valence-corrected chi connectivity index (χ0v) is 12.6. The smallest absolute Gasteiger partial charge is 0.188 e. The Morgan fingerprint density at radius 1 is 1.15 bits per heavy atom. The number of aryl methyl sites for hydroxylation is 2. The molecule has 0 bridgehead atoms. The summed E-state index contributed by atoms with van der Waals surface area (Å²) in [7, 11) is 0. The molecular weight excluding hydrogens is 270 g/mol. The van der Waals surface area contributed by atoms with Gasteiger partial charge >= 0.3 is 0 Å². The van der Waals surface area contributed by atoms with Crippen LogP contribution in [0.1, 0.15) is 17.0 Å². The number of hydrogen-bond acceptors (Lipinski definition) is 5. The number of thioether (sulfide) groups is 1. The van der Waals surface area contributed by atoms with Crippen molar-refractivity contribution in [2.45, 2.75) is 25.5 Å². The standard InChI is InChI=1S/C15H19N3OS/c1-11-9-12(2)18-15(17-11)20-8-7-19-14-6-4-3-5-13(14)10-16/h3-6,9H,7-8,10,16H2,1-2H3. The largest absolute Gasteiger partial charge is 0.492 e. The van der Waals surface area contributed by atoms with E-state index in [2.05, 4.69) is 9.97 Å². The van der Waals surface area contributed by atoms with Gasteiger partial charge in [0, 0.05) is 29.2 Å². The van der Waals surface area contributed by atoms with E-state index in [4.69, 9.17) is 10.5 Å². The fourth-order valence-electron chi connectivity index (χ4n) is 1.86. The molecule has 1 aromatic carbocycles. The average Bonchev–Trinajstić information content (AvgIpc) is 2.43. The first kappa shape index (κ1) is 14.8. The summed E-state index contributed by atoms with van der Waals surface area (Å²) in [5.41, 5.74) is 8.69. The number of ether oxygens (including phenoxy) is 1. The van der Waals surface area contributed by atoms with Crippen molar-refractivity contribution < 1.29 is 4.74 Å². The lowest BCUT2D eigenvalue weighted by atomic mass is 10.2. The van der Waals surface area contributed by atoms with Crippen LogP contribution in [0, 0.1) is 13.8 Å².